The van der Waals surface area contributed by atoms with Crippen molar-refractivity contribution in [2.75, 3.05) is 0 Å². The Hall–Kier alpha value is -2.99. The number of benzene rings is 2. The molecule has 0 aliphatic heterocycles. The van der Waals surface area contributed by atoms with Gasteiger partial charge in [-0.3, -0.25) is 14.2 Å². The molecule has 0 fully saturated rings. The normalized spacial score (nSPS) is 11.9. The topological polar surface area (TPSA) is 66.9 Å². The summed E-state index contributed by atoms with van der Waals surface area (Å²) in [6.07, 6.45) is 1.61. The zero-order chi connectivity index (χ0) is 18.7. The third kappa shape index (κ3) is 3.50. The van der Waals surface area contributed by atoms with Gasteiger partial charge in [0.1, 0.15) is 0 Å². The number of aromatic amines is 1. The summed E-state index contributed by atoms with van der Waals surface area (Å²) in [4.78, 5) is 28.1. The van der Waals surface area contributed by atoms with Crippen LogP contribution in [0.2, 0.25) is 0 Å². The Morgan fingerprint density at radius 3 is 2.73 bits per heavy atom. The monoisotopic (exact) mass is 365 g/mol. The lowest BCUT2D eigenvalue weighted by Gasteiger charge is -2.14. The molecule has 1 atom stereocenters. The van der Waals surface area contributed by atoms with Crippen LogP contribution in [0.15, 0.2) is 66.0 Å². The molecule has 132 valence electrons. The maximum Gasteiger partial charge on any atom is 0.262 e. The molecule has 0 aliphatic rings. The fourth-order valence-corrected chi connectivity index (χ4v) is 3.06. The molecule has 0 radical (unpaired) electrons. The fourth-order valence-electron chi connectivity index (χ4n) is 2.80. The Balaban J connectivity index is 1.93. The number of allylic oxidation sites excluding steroid dienone is 1. The Bertz CT molecular complexity index is 1080. The number of aromatic nitrogens is 2. The molecule has 1 aromatic heterocycles. The van der Waals surface area contributed by atoms with Gasteiger partial charge in [0.2, 0.25) is 0 Å². The van der Waals surface area contributed by atoms with E-state index >= 15 is 0 Å². The highest BCUT2D eigenvalue weighted by atomic mass is 32.1. The van der Waals surface area contributed by atoms with Crippen LogP contribution < -0.4 is 10.9 Å². The summed E-state index contributed by atoms with van der Waals surface area (Å²) < 4.78 is 1.74. The first-order valence-electron chi connectivity index (χ1n) is 8.25. The maximum atomic E-state index is 12.6. The lowest BCUT2D eigenvalue weighted by atomic mass is 10.1. The largest absolute Gasteiger partial charge is 0.346 e. The van der Waals surface area contributed by atoms with Crippen LogP contribution in [0, 0.1) is 4.77 Å². The summed E-state index contributed by atoms with van der Waals surface area (Å²) in [5, 5.41) is 3.44. The average Bonchev–Trinajstić information content (AvgIpc) is 2.65. The van der Waals surface area contributed by atoms with Gasteiger partial charge in [0.15, 0.2) is 4.77 Å². The van der Waals surface area contributed by atoms with E-state index in [1.807, 2.05) is 37.3 Å². The molecule has 0 saturated carbocycles. The van der Waals surface area contributed by atoms with E-state index in [1.54, 1.807) is 24.3 Å². The predicted molar refractivity (Wildman–Crippen MR) is 106 cm³/mol. The highest BCUT2D eigenvalue weighted by Crippen LogP contribution is 2.15. The van der Waals surface area contributed by atoms with Crippen LogP contribution in [0.5, 0.6) is 0 Å². The molecular formula is C20H19N3O2S. The first kappa shape index (κ1) is 17.8. The van der Waals surface area contributed by atoms with Crippen molar-refractivity contribution in [3.8, 4) is 0 Å². The molecule has 1 unspecified atom stereocenters. The highest BCUT2D eigenvalue weighted by molar-refractivity contribution is 7.71. The maximum absolute atomic E-state index is 12.6. The Morgan fingerprint density at radius 1 is 1.31 bits per heavy atom. The lowest BCUT2D eigenvalue weighted by molar-refractivity contribution is 0.0940. The van der Waals surface area contributed by atoms with E-state index in [0.29, 0.717) is 27.8 Å². The van der Waals surface area contributed by atoms with Gasteiger partial charge in [-0.1, -0.05) is 36.4 Å². The number of carbonyl (C=O) groups excluding carboxylic acids is 1. The van der Waals surface area contributed by atoms with Gasteiger partial charge in [0.05, 0.1) is 16.9 Å². The van der Waals surface area contributed by atoms with E-state index in [-0.39, 0.29) is 17.5 Å². The van der Waals surface area contributed by atoms with Crippen LogP contribution in [0.25, 0.3) is 10.9 Å². The number of H-pyrrole nitrogens is 1. The van der Waals surface area contributed by atoms with Gasteiger partial charge in [-0.2, -0.15) is 0 Å². The van der Waals surface area contributed by atoms with E-state index in [4.69, 9.17) is 12.2 Å². The molecule has 0 saturated heterocycles. The quantitative estimate of drug-likeness (QED) is 0.535. The smallest absolute Gasteiger partial charge is 0.262 e. The number of nitrogens with zero attached hydrogens (tertiary/aromatic N) is 1. The van der Waals surface area contributed by atoms with Crippen molar-refractivity contribution in [2.45, 2.75) is 19.5 Å². The summed E-state index contributed by atoms with van der Waals surface area (Å²) in [7, 11) is 0. The number of nitrogens with one attached hydrogen (secondary N) is 2. The molecule has 6 heteroatoms. The standard InChI is InChI=1S/C20H19N3O2S/c1-3-11-23-19(25)16-10-9-15(12-17(16)22-20(23)26)18(24)21-13(2)14-7-5-4-6-8-14/h3-10,12-13H,1,11H2,2H3,(H,21,24)(H,22,26). The molecule has 0 spiro atoms. The van der Waals surface area contributed by atoms with Crippen LogP contribution >= 0.6 is 12.2 Å². The molecular weight excluding hydrogens is 346 g/mol. The van der Waals surface area contributed by atoms with E-state index < -0.39 is 0 Å². The number of carbonyl (C=O) groups is 1. The van der Waals surface area contributed by atoms with Crippen molar-refractivity contribution >= 4 is 29.0 Å². The van der Waals surface area contributed by atoms with Gasteiger partial charge in [-0.15, -0.1) is 6.58 Å². The molecule has 0 bridgehead atoms. The molecule has 1 amide bonds. The lowest BCUT2D eigenvalue weighted by Crippen LogP contribution is -2.27. The molecule has 2 N–H and O–H groups in total. The molecule has 26 heavy (non-hydrogen) atoms. The van der Waals surface area contributed by atoms with E-state index in [9.17, 15) is 9.59 Å². The zero-order valence-corrected chi connectivity index (χ0v) is 15.2. The Morgan fingerprint density at radius 2 is 2.04 bits per heavy atom. The molecule has 3 aromatic rings. The Labute approximate surface area is 156 Å². The van der Waals surface area contributed by atoms with Crippen molar-refractivity contribution in [3.63, 3.8) is 0 Å². The van der Waals surface area contributed by atoms with Crippen LogP contribution in [-0.4, -0.2) is 15.5 Å². The van der Waals surface area contributed by atoms with Gasteiger partial charge in [-0.05, 0) is 42.9 Å². The summed E-state index contributed by atoms with van der Waals surface area (Å²) in [5.41, 5.74) is 1.83. The minimum absolute atomic E-state index is 0.126. The molecule has 5 nitrogen and oxygen atoms in total. The first-order valence-corrected chi connectivity index (χ1v) is 8.65. The van der Waals surface area contributed by atoms with Crippen molar-refractivity contribution in [2.24, 2.45) is 0 Å². The van der Waals surface area contributed by atoms with Crippen molar-refractivity contribution in [3.05, 3.63) is 87.4 Å². The molecule has 2 aromatic carbocycles. The summed E-state index contributed by atoms with van der Waals surface area (Å²) in [6, 6.07) is 14.5. The van der Waals surface area contributed by atoms with Gasteiger partial charge < -0.3 is 10.3 Å². The van der Waals surface area contributed by atoms with E-state index in [2.05, 4.69) is 16.9 Å². The highest BCUT2D eigenvalue weighted by Gasteiger charge is 2.13. The predicted octanol–water partition coefficient (Wildman–Crippen LogP) is 3.74. The fraction of sp³-hybridized carbons (Fsp3) is 0.150. The second-order valence-electron chi connectivity index (χ2n) is 6.00. The number of fused-ring (bicyclic) bond motifs is 1. The third-order valence-corrected chi connectivity index (χ3v) is 4.53. The van der Waals surface area contributed by atoms with Gasteiger partial charge in [-0.25, -0.2) is 0 Å². The van der Waals surface area contributed by atoms with Crippen LogP contribution in [0.1, 0.15) is 28.9 Å². The first-order chi connectivity index (χ1) is 12.5. The van der Waals surface area contributed by atoms with Crippen molar-refractivity contribution < 1.29 is 4.79 Å². The number of hydrogen-bond acceptors (Lipinski definition) is 3. The summed E-state index contributed by atoms with van der Waals surface area (Å²) in [5.74, 6) is -0.210. The zero-order valence-electron chi connectivity index (χ0n) is 14.4. The molecule has 3 rings (SSSR count). The van der Waals surface area contributed by atoms with Gasteiger partial charge >= 0.3 is 0 Å². The minimum atomic E-state index is -0.210. The van der Waals surface area contributed by atoms with Gasteiger partial charge in [0, 0.05) is 12.1 Å². The van der Waals surface area contributed by atoms with Crippen LogP contribution in [-0.2, 0) is 6.54 Å². The molecule has 1 heterocycles. The van der Waals surface area contributed by atoms with Crippen molar-refractivity contribution in [1.82, 2.24) is 14.9 Å². The second kappa shape index (κ2) is 7.49. The average molecular weight is 365 g/mol. The second-order valence-corrected chi connectivity index (χ2v) is 6.39. The summed E-state index contributed by atoms with van der Waals surface area (Å²) in [6.45, 7) is 5.90. The van der Waals surface area contributed by atoms with Crippen LogP contribution in [0.3, 0.4) is 0 Å². The number of amides is 1. The van der Waals surface area contributed by atoms with E-state index in [0.717, 1.165) is 5.56 Å². The SMILES string of the molecule is C=CCn1c(=S)[nH]c2cc(C(=O)NC(C)c3ccccc3)ccc2c1=O. The third-order valence-electron chi connectivity index (χ3n) is 4.20. The minimum Gasteiger partial charge on any atom is -0.346 e. The Kier molecular flexibility index (Phi) is 5.14. The van der Waals surface area contributed by atoms with Gasteiger partial charge in [0.25, 0.3) is 11.5 Å². The van der Waals surface area contributed by atoms with Crippen LogP contribution in [0.4, 0.5) is 0 Å². The van der Waals surface area contributed by atoms with E-state index in [1.165, 1.54) is 4.57 Å². The summed E-state index contributed by atoms with van der Waals surface area (Å²) >= 11 is 5.23. The van der Waals surface area contributed by atoms with Crippen molar-refractivity contribution in [1.29, 1.82) is 0 Å². The number of rotatable bonds is 5. The molecule has 0 aliphatic carbocycles. The number of hydrogen-bond donors (Lipinski definition) is 2.